The van der Waals surface area contributed by atoms with E-state index >= 15 is 0 Å². The summed E-state index contributed by atoms with van der Waals surface area (Å²) in [5.74, 6) is 0.570. The zero-order valence-electron chi connectivity index (χ0n) is 12.2. The van der Waals surface area contributed by atoms with Crippen molar-refractivity contribution in [2.45, 2.75) is 26.3 Å². The molecule has 0 heterocycles. The molecule has 0 saturated heterocycles. The van der Waals surface area contributed by atoms with Gasteiger partial charge >= 0.3 is 0 Å². The van der Waals surface area contributed by atoms with Crippen LogP contribution in [0.25, 0.3) is 0 Å². The maximum atomic E-state index is 12.9. The molecule has 4 heteroatoms. The molecule has 2 nitrogen and oxygen atoms in total. The van der Waals surface area contributed by atoms with Gasteiger partial charge in [0.15, 0.2) is 0 Å². The molecule has 0 bridgehead atoms. The summed E-state index contributed by atoms with van der Waals surface area (Å²) in [6.07, 6.45) is 0.790. The van der Waals surface area contributed by atoms with Gasteiger partial charge in [0, 0.05) is 11.1 Å². The first kappa shape index (κ1) is 15.6. The topological polar surface area (TPSA) is 21.3 Å². The van der Waals surface area contributed by atoms with Crippen molar-refractivity contribution in [3.8, 4) is 5.75 Å². The van der Waals surface area contributed by atoms with E-state index < -0.39 is 0 Å². The zero-order chi connectivity index (χ0) is 15.2. The summed E-state index contributed by atoms with van der Waals surface area (Å²) in [5, 5.41) is 4.06. The van der Waals surface area contributed by atoms with Crippen LogP contribution < -0.4 is 10.1 Å². The van der Waals surface area contributed by atoms with Gasteiger partial charge in [0.05, 0.1) is 12.3 Å². The van der Waals surface area contributed by atoms with Gasteiger partial charge in [-0.25, -0.2) is 4.39 Å². The Balaban J connectivity index is 2.06. The summed E-state index contributed by atoms with van der Waals surface area (Å²) in [6, 6.07) is 12.3. The van der Waals surface area contributed by atoms with Gasteiger partial charge in [-0.1, -0.05) is 23.7 Å². The van der Waals surface area contributed by atoms with E-state index in [-0.39, 0.29) is 11.9 Å². The van der Waals surface area contributed by atoms with Crippen LogP contribution >= 0.6 is 11.6 Å². The summed E-state index contributed by atoms with van der Waals surface area (Å²) in [7, 11) is 0. The fourth-order valence-corrected chi connectivity index (χ4v) is 2.36. The zero-order valence-corrected chi connectivity index (χ0v) is 13.0. The summed E-state index contributed by atoms with van der Waals surface area (Å²) in [6.45, 7) is 4.61. The van der Waals surface area contributed by atoms with Crippen molar-refractivity contribution in [3.63, 3.8) is 0 Å². The fourth-order valence-electron chi connectivity index (χ4n) is 2.19. The van der Waals surface area contributed by atoms with Gasteiger partial charge in [-0.2, -0.15) is 0 Å². The Kier molecular flexibility index (Phi) is 5.45. The Morgan fingerprint density at radius 2 is 1.90 bits per heavy atom. The number of ether oxygens (including phenoxy) is 1. The van der Waals surface area contributed by atoms with Crippen molar-refractivity contribution in [3.05, 3.63) is 58.9 Å². The minimum absolute atomic E-state index is 0.174. The van der Waals surface area contributed by atoms with Gasteiger partial charge in [-0.15, -0.1) is 0 Å². The molecular formula is C17H19ClFNO. The van der Waals surface area contributed by atoms with Crippen LogP contribution in [-0.2, 0) is 6.42 Å². The molecule has 0 radical (unpaired) electrons. The second-order valence-electron chi connectivity index (χ2n) is 4.95. The number of benzene rings is 2. The lowest BCUT2D eigenvalue weighted by Crippen LogP contribution is -2.18. The summed E-state index contributed by atoms with van der Waals surface area (Å²) >= 11 is 6.04. The molecule has 1 atom stereocenters. The van der Waals surface area contributed by atoms with Gasteiger partial charge < -0.3 is 10.1 Å². The maximum absolute atomic E-state index is 12.9. The van der Waals surface area contributed by atoms with Gasteiger partial charge in [0.2, 0.25) is 0 Å². The number of nitrogens with one attached hydrogen (secondary N) is 1. The molecule has 21 heavy (non-hydrogen) atoms. The van der Waals surface area contributed by atoms with E-state index in [1.54, 1.807) is 12.1 Å². The number of hydrogen-bond donors (Lipinski definition) is 1. The highest BCUT2D eigenvalue weighted by atomic mass is 35.5. The third kappa shape index (κ3) is 4.64. The second-order valence-corrected chi connectivity index (χ2v) is 5.39. The average molecular weight is 308 g/mol. The molecule has 0 amide bonds. The Labute approximate surface area is 129 Å². The predicted molar refractivity (Wildman–Crippen MR) is 85.8 cm³/mol. The quantitative estimate of drug-likeness (QED) is 0.817. The van der Waals surface area contributed by atoms with Gasteiger partial charge in [-0.05, 0) is 56.2 Å². The number of hydrogen-bond acceptors (Lipinski definition) is 2. The lowest BCUT2D eigenvalue weighted by molar-refractivity contribution is 0.341. The van der Waals surface area contributed by atoms with E-state index in [0.717, 1.165) is 23.4 Å². The predicted octanol–water partition coefficient (Wildman–Crippen LogP) is 4.92. The SMILES string of the molecule is CCOc1ccc(Cl)cc1NC(C)Cc1ccc(F)cc1. The highest BCUT2D eigenvalue weighted by molar-refractivity contribution is 6.30. The van der Waals surface area contributed by atoms with E-state index in [1.807, 2.05) is 25.1 Å². The molecule has 0 saturated carbocycles. The Bertz CT molecular complexity index is 586. The third-order valence-electron chi connectivity index (χ3n) is 3.10. The first-order valence-electron chi connectivity index (χ1n) is 7.02. The van der Waals surface area contributed by atoms with Crippen LogP contribution in [0.1, 0.15) is 19.4 Å². The van der Waals surface area contributed by atoms with E-state index in [4.69, 9.17) is 16.3 Å². The molecule has 0 aliphatic rings. The monoisotopic (exact) mass is 307 g/mol. The number of anilines is 1. The van der Waals surface area contributed by atoms with E-state index in [2.05, 4.69) is 12.2 Å². The normalized spacial score (nSPS) is 12.0. The largest absolute Gasteiger partial charge is 0.492 e. The summed E-state index contributed by atoms with van der Waals surface area (Å²) in [4.78, 5) is 0. The van der Waals surface area contributed by atoms with Crippen LogP contribution in [0.15, 0.2) is 42.5 Å². The smallest absolute Gasteiger partial charge is 0.142 e. The standard InChI is InChI=1S/C17H19ClFNO/c1-3-21-17-9-6-14(18)11-16(17)20-12(2)10-13-4-7-15(19)8-5-13/h4-9,11-12,20H,3,10H2,1-2H3. The molecule has 1 N–H and O–H groups in total. The van der Waals surface area contributed by atoms with Crippen molar-refractivity contribution in [1.82, 2.24) is 0 Å². The minimum Gasteiger partial charge on any atom is -0.492 e. The van der Waals surface area contributed by atoms with E-state index in [0.29, 0.717) is 11.6 Å². The fraction of sp³-hybridized carbons (Fsp3) is 0.294. The van der Waals surface area contributed by atoms with Crippen molar-refractivity contribution in [1.29, 1.82) is 0 Å². The van der Waals surface area contributed by atoms with E-state index in [1.165, 1.54) is 12.1 Å². The van der Waals surface area contributed by atoms with Crippen LogP contribution in [0.2, 0.25) is 5.02 Å². The van der Waals surface area contributed by atoms with Crippen molar-refractivity contribution < 1.29 is 9.13 Å². The average Bonchev–Trinajstić information content (AvgIpc) is 2.44. The molecule has 2 rings (SSSR count). The Morgan fingerprint density at radius 1 is 1.19 bits per heavy atom. The van der Waals surface area contributed by atoms with Gasteiger partial charge in [-0.3, -0.25) is 0 Å². The van der Waals surface area contributed by atoms with E-state index in [9.17, 15) is 4.39 Å². The van der Waals surface area contributed by atoms with Gasteiger partial charge in [0.25, 0.3) is 0 Å². The van der Waals surface area contributed by atoms with Crippen LogP contribution in [0, 0.1) is 5.82 Å². The Hall–Kier alpha value is -1.74. The number of halogens is 2. The van der Waals surface area contributed by atoms with Crippen LogP contribution in [-0.4, -0.2) is 12.6 Å². The highest BCUT2D eigenvalue weighted by Crippen LogP contribution is 2.29. The van der Waals surface area contributed by atoms with Crippen LogP contribution in [0.5, 0.6) is 5.75 Å². The minimum atomic E-state index is -0.215. The molecule has 2 aromatic rings. The molecule has 1 unspecified atom stereocenters. The molecular weight excluding hydrogens is 289 g/mol. The lowest BCUT2D eigenvalue weighted by atomic mass is 10.1. The first-order chi connectivity index (χ1) is 10.1. The maximum Gasteiger partial charge on any atom is 0.142 e. The molecule has 0 aromatic heterocycles. The summed E-state index contributed by atoms with van der Waals surface area (Å²) in [5.41, 5.74) is 1.95. The first-order valence-corrected chi connectivity index (χ1v) is 7.39. The molecule has 0 fully saturated rings. The third-order valence-corrected chi connectivity index (χ3v) is 3.33. The summed E-state index contributed by atoms with van der Waals surface area (Å²) < 4.78 is 18.5. The highest BCUT2D eigenvalue weighted by Gasteiger charge is 2.09. The molecule has 0 aliphatic carbocycles. The van der Waals surface area contributed by atoms with Crippen molar-refractivity contribution in [2.24, 2.45) is 0 Å². The van der Waals surface area contributed by atoms with Crippen LogP contribution in [0.4, 0.5) is 10.1 Å². The second kappa shape index (κ2) is 7.32. The molecule has 112 valence electrons. The Morgan fingerprint density at radius 3 is 2.57 bits per heavy atom. The van der Waals surface area contributed by atoms with Gasteiger partial charge in [0.1, 0.15) is 11.6 Å². The van der Waals surface area contributed by atoms with Crippen molar-refractivity contribution >= 4 is 17.3 Å². The molecule has 2 aromatic carbocycles. The van der Waals surface area contributed by atoms with Crippen LogP contribution in [0.3, 0.4) is 0 Å². The number of rotatable bonds is 6. The lowest BCUT2D eigenvalue weighted by Gasteiger charge is -2.18. The van der Waals surface area contributed by atoms with Crippen molar-refractivity contribution in [2.75, 3.05) is 11.9 Å². The molecule has 0 spiro atoms. The molecule has 0 aliphatic heterocycles.